The van der Waals surface area contributed by atoms with Crippen molar-refractivity contribution in [2.75, 3.05) is 5.73 Å². The minimum absolute atomic E-state index is 0.287. The van der Waals surface area contributed by atoms with Gasteiger partial charge in [-0.2, -0.15) is 0 Å². The zero-order chi connectivity index (χ0) is 9.84. The van der Waals surface area contributed by atoms with E-state index in [0.717, 1.165) is 10.9 Å². The number of halogens is 2. The van der Waals surface area contributed by atoms with Gasteiger partial charge in [0.05, 0.1) is 5.69 Å². The molecule has 3 heteroatoms. The zero-order valence-electron chi connectivity index (χ0n) is 7.35. The first-order valence-electron chi connectivity index (χ1n) is 4.06. The van der Waals surface area contributed by atoms with Crippen molar-refractivity contribution in [1.29, 1.82) is 0 Å². The molecular formula is C10H11BrFN. The highest BCUT2D eigenvalue weighted by Gasteiger charge is 2.05. The van der Waals surface area contributed by atoms with E-state index in [1.807, 2.05) is 13.0 Å². The number of hydrogen-bond acceptors (Lipinski definition) is 1. The van der Waals surface area contributed by atoms with Crippen LogP contribution in [-0.2, 0) is 0 Å². The molecule has 70 valence electrons. The highest BCUT2D eigenvalue weighted by atomic mass is 79.9. The maximum absolute atomic E-state index is 13.2. The highest BCUT2D eigenvalue weighted by Crippen LogP contribution is 2.26. The van der Waals surface area contributed by atoms with E-state index in [0.29, 0.717) is 11.3 Å². The van der Waals surface area contributed by atoms with E-state index in [9.17, 15) is 4.39 Å². The number of allylic oxidation sites excluding steroid dienone is 1. The van der Waals surface area contributed by atoms with Gasteiger partial charge in [0, 0.05) is 10.0 Å². The summed E-state index contributed by atoms with van der Waals surface area (Å²) < 4.78 is 13.9. The molecule has 0 fully saturated rings. The van der Waals surface area contributed by atoms with Gasteiger partial charge in [-0.15, -0.1) is 0 Å². The topological polar surface area (TPSA) is 26.0 Å². The Hall–Kier alpha value is -0.830. The van der Waals surface area contributed by atoms with Gasteiger partial charge in [-0.3, -0.25) is 0 Å². The van der Waals surface area contributed by atoms with Crippen molar-refractivity contribution in [2.45, 2.75) is 13.3 Å². The summed E-state index contributed by atoms with van der Waals surface area (Å²) in [5, 5.41) is 0. The van der Waals surface area contributed by atoms with Gasteiger partial charge in [0.15, 0.2) is 0 Å². The van der Waals surface area contributed by atoms with Gasteiger partial charge in [-0.1, -0.05) is 19.1 Å². The van der Waals surface area contributed by atoms with Crippen LogP contribution in [-0.4, -0.2) is 0 Å². The van der Waals surface area contributed by atoms with Crippen LogP contribution in [0.25, 0.3) is 6.08 Å². The SMILES string of the molecule is CC/C=C\c1c(F)ccc(Br)c1N. The van der Waals surface area contributed by atoms with E-state index in [1.54, 1.807) is 12.1 Å². The molecule has 2 N–H and O–H groups in total. The molecule has 1 aromatic rings. The predicted octanol–water partition coefficient (Wildman–Crippen LogP) is 3.59. The van der Waals surface area contributed by atoms with Gasteiger partial charge in [-0.05, 0) is 34.5 Å². The second kappa shape index (κ2) is 4.42. The number of nitrogen functional groups attached to an aromatic ring is 1. The third kappa shape index (κ3) is 2.31. The molecule has 0 saturated carbocycles. The average Bonchev–Trinajstić information content (AvgIpc) is 2.12. The summed E-state index contributed by atoms with van der Waals surface area (Å²) in [6.07, 6.45) is 4.45. The maximum atomic E-state index is 13.2. The van der Waals surface area contributed by atoms with Crippen molar-refractivity contribution >= 4 is 27.7 Å². The van der Waals surface area contributed by atoms with Crippen LogP contribution < -0.4 is 5.73 Å². The van der Waals surface area contributed by atoms with Crippen LogP contribution in [0.4, 0.5) is 10.1 Å². The van der Waals surface area contributed by atoms with Gasteiger partial charge in [-0.25, -0.2) is 4.39 Å². The van der Waals surface area contributed by atoms with Crippen LogP contribution in [0.3, 0.4) is 0 Å². The van der Waals surface area contributed by atoms with Gasteiger partial charge in [0.2, 0.25) is 0 Å². The molecule has 0 aliphatic carbocycles. The van der Waals surface area contributed by atoms with Crippen LogP contribution in [0.5, 0.6) is 0 Å². The van der Waals surface area contributed by atoms with Crippen molar-refractivity contribution in [3.05, 3.63) is 34.1 Å². The second-order valence-electron chi connectivity index (χ2n) is 2.67. The molecule has 0 amide bonds. The van der Waals surface area contributed by atoms with Crippen molar-refractivity contribution in [2.24, 2.45) is 0 Å². The number of benzene rings is 1. The molecule has 0 heterocycles. The molecular weight excluding hydrogens is 233 g/mol. The largest absolute Gasteiger partial charge is 0.397 e. The third-order valence-electron chi connectivity index (χ3n) is 1.70. The van der Waals surface area contributed by atoms with E-state index < -0.39 is 0 Å². The summed E-state index contributed by atoms with van der Waals surface area (Å²) in [6.45, 7) is 1.99. The lowest BCUT2D eigenvalue weighted by Crippen LogP contribution is -1.94. The smallest absolute Gasteiger partial charge is 0.132 e. The molecule has 1 nitrogen and oxygen atoms in total. The van der Waals surface area contributed by atoms with Crippen molar-refractivity contribution in [3.8, 4) is 0 Å². The Morgan fingerprint density at radius 2 is 2.23 bits per heavy atom. The number of nitrogens with two attached hydrogens (primary N) is 1. The van der Waals surface area contributed by atoms with Gasteiger partial charge in [0.25, 0.3) is 0 Å². The van der Waals surface area contributed by atoms with Gasteiger partial charge in [0.1, 0.15) is 5.82 Å². The lowest BCUT2D eigenvalue weighted by atomic mass is 10.1. The normalized spacial score (nSPS) is 11.0. The van der Waals surface area contributed by atoms with Crippen molar-refractivity contribution in [3.63, 3.8) is 0 Å². The van der Waals surface area contributed by atoms with Crippen molar-refractivity contribution < 1.29 is 4.39 Å². The summed E-state index contributed by atoms with van der Waals surface area (Å²) in [5.41, 5.74) is 6.59. The molecule has 13 heavy (non-hydrogen) atoms. The summed E-state index contributed by atoms with van der Waals surface area (Å²) in [5.74, 6) is -0.287. The number of rotatable bonds is 2. The molecule has 0 aromatic heterocycles. The Balaban J connectivity index is 3.17. The van der Waals surface area contributed by atoms with Gasteiger partial charge < -0.3 is 5.73 Å². The van der Waals surface area contributed by atoms with Gasteiger partial charge >= 0.3 is 0 Å². The minimum Gasteiger partial charge on any atom is -0.397 e. The molecule has 0 aliphatic rings. The van der Waals surface area contributed by atoms with Crippen LogP contribution in [0.15, 0.2) is 22.7 Å². The fourth-order valence-electron chi connectivity index (χ4n) is 0.988. The predicted molar refractivity (Wildman–Crippen MR) is 57.8 cm³/mol. The van der Waals surface area contributed by atoms with Crippen LogP contribution >= 0.6 is 15.9 Å². The molecule has 0 saturated heterocycles. The molecule has 1 rings (SSSR count). The summed E-state index contributed by atoms with van der Waals surface area (Å²) in [4.78, 5) is 0. The number of hydrogen-bond donors (Lipinski definition) is 1. The Morgan fingerprint density at radius 1 is 1.54 bits per heavy atom. The highest BCUT2D eigenvalue weighted by molar-refractivity contribution is 9.10. The van der Waals surface area contributed by atoms with Crippen molar-refractivity contribution in [1.82, 2.24) is 0 Å². The first-order chi connectivity index (χ1) is 6.16. The van der Waals surface area contributed by atoms with E-state index in [2.05, 4.69) is 15.9 Å². The monoisotopic (exact) mass is 243 g/mol. The van der Waals surface area contributed by atoms with E-state index in [4.69, 9.17) is 5.73 Å². The molecule has 0 spiro atoms. The molecule has 0 radical (unpaired) electrons. The molecule has 0 aliphatic heterocycles. The standard InChI is InChI=1S/C10H11BrFN/c1-2-3-4-7-9(12)6-5-8(11)10(7)13/h3-6H,2,13H2,1H3/b4-3-. The summed E-state index contributed by atoms with van der Waals surface area (Å²) >= 11 is 3.25. The zero-order valence-corrected chi connectivity index (χ0v) is 8.94. The third-order valence-corrected chi connectivity index (χ3v) is 2.39. The molecule has 0 unspecified atom stereocenters. The maximum Gasteiger partial charge on any atom is 0.132 e. The second-order valence-corrected chi connectivity index (χ2v) is 3.52. The van der Waals surface area contributed by atoms with E-state index in [-0.39, 0.29) is 5.82 Å². The molecule has 0 bridgehead atoms. The molecule has 0 atom stereocenters. The fraction of sp³-hybridized carbons (Fsp3) is 0.200. The summed E-state index contributed by atoms with van der Waals surface area (Å²) in [6, 6.07) is 3.00. The Bertz CT molecular complexity index is 334. The number of anilines is 1. The minimum atomic E-state index is -0.287. The first kappa shape index (κ1) is 10.3. The Morgan fingerprint density at radius 3 is 2.85 bits per heavy atom. The first-order valence-corrected chi connectivity index (χ1v) is 4.86. The lowest BCUT2D eigenvalue weighted by Gasteiger charge is -2.03. The quantitative estimate of drug-likeness (QED) is 0.790. The Kier molecular flexibility index (Phi) is 3.48. The van der Waals surface area contributed by atoms with Crippen LogP contribution in [0.2, 0.25) is 0 Å². The van der Waals surface area contributed by atoms with Crippen LogP contribution in [0.1, 0.15) is 18.9 Å². The van der Waals surface area contributed by atoms with Crippen LogP contribution in [0, 0.1) is 5.82 Å². The lowest BCUT2D eigenvalue weighted by molar-refractivity contribution is 0.625. The molecule has 1 aromatic carbocycles. The summed E-state index contributed by atoms with van der Waals surface area (Å²) in [7, 11) is 0. The Labute approximate surface area is 85.6 Å². The van der Waals surface area contributed by atoms with E-state index >= 15 is 0 Å². The fourth-order valence-corrected chi connectivity index (χ4v) is 1.33. The van der Waals surface area contributed by atoms with E-state index in [1.165, 1.54) is 6.07 Å². The average molecular weight is 244 g/mol.